The van der Waals surface area contributed by atoms with Crippen LogP contribution < -0.4 is 4.74 Å². The van der Waals surface area contributed by atoms with Crippen LogP contribution in [0.25, 0.3) is 0 Å². The molecule has 0 saturated carbocycles. The van der Waals surface area contributed by atoms with E-state index in [0.717, 1.165) is 16.8 Å². The molecule has 5 nitrogen and oxygen atoms in total. The molecular weight excluding hydrogens is 374 g/mol. The fraction of sp³-hybridized carbons (Fsp3) is 0.227. The summed E-state index contributed by atoms with van der Waals surface area (Å²) in [5, 5.41) is 11.0. The van der Waals surface area contributed by atoms with E-state index in [0.29, 0.717) is 17.9 Å². The minimum absolute atomic E-state index is 0.0647. The van der Waals surface area contributed by atoms with E-state index in [9.17, 15) is 9.59 Å². The first-order valence-electron chi connectivity index (χ1n) is 8.98. The highest BCUT2D eigenvalue weighted by Crippen LogP contribution is 2.29. The summed E-state index contributed by atoms with van der Waals surface area (Å²) in [5.41, 5.74) is 3.18. The summed E-state index contributed by atoms with van der Waals surface area (Å²) < 4.78 is 9.95. The number of aliphatic carboxylic acids is 1. The van der Waals surface area contributed by atoms with Gasteiger partial charge in [0.1, 0.15) is 12.4 Å². The van der Waals surface area contributed by atoms with Crippen LogP contribution in [0.3, 0.4) is 0 Å². The number of hydrogen-bond donors (Lipinski definition) is 1. The topological polar surface area (TPSA) is 76.5 Å². The minimum Gasteiger partial charge on any atom is -0.487 e. The first kappa shape index (κ1) is 19.8. The molecule has 0 radical (unpaired) electrons. The molecule has 1 heterocycles. The molecule has 0 saturated heterocycles. The van der Waals surface area contributed by atoms with Crippen LogP contribution in [0.4, 0.5) is 0 Å². The Labute approximate surface area is 167 Å². The van der Waals surface area contributed by atoms with E-state index in [2.05, 4.69) is 4.37 Å². The molecule has 144 valence electrons. The Kier molecular flexibility index (Phi) is 6.55. The number of Topliss-reactive ketones (excluding diaryl/α,β-unsaturated/α-hetero) is 1. The maximum atomic E-state index is 13.2. The van der Waals surface area contributed by atoms with Gasteiger partial charge < -0.3 is 9.84 Å². The van der Waals surface area contributed by atoms with Crippen LogP contribution >= 0.6 is 11.5 Å². The van der Waals surface area contributed by atoms with Crippen molar-refractivity contribution in [1.29, 1.82) is 0 Å². The zero-order valence-electron chi connectivity index (χ0n) is 15.5. The number of benzene rings is 2. The predicted molar refractivity (Wildman–Crippen MR) is 108 cm³/mol. The van der Waals surface area contributed by atoms with Crippen LogP contribution in [0.5, 0.6) is 5.75 Å². The second-order valence-electron chi connectivity index (χ2n) is 6.51. The van der Waals surface area contributed by atoms with Gasteiger partial charge in [-0.15, -0.1) is 0 Å². The molecule has 0 amide bonds. The van der Waals surface area contributed by atoms with Gasteiger partial charge in [-0.3, -0.25) is 9.59 Å². The molecule has 1 atom stereocenters. The summed E-state index contributed by atoms with van der Waals surface area (Å²) >= 11 is 1.36. The van der Waals surface area contributed by atoms with E-state index in [1.165, 1.54) is 11.5 Å². The van der Waals surface area contributed by atoms with Crippen LogP contribution in [-0.2, 0) is 11.4 Å². The van der Waals surface area contributed by atoms with Crippen LogP contribution in [0.2, 0.25) is 0 Å². The Bertz CT molecular complexity index is 953. The Balaban J connectivity index is 1.82. The van der Waals surface area contributed by atoms with Crippen LogP contribution in [0.15, 0.2) is 60.0 Å². The molecule has 28 heavy (non-hydrogen) atoms. The number of ether oxygens (including phenoxy) is 1. The van der Waals surface area contributed by atoms with E-state index in [4.69, 9.17) is 9.84 Å². The summed E-state index contributed by atoms with van der Waals surface area (Å²) in [6.07, 6.45) is 0.188. The lowest BCUT2D eigenvalue weighted by Gasteiger charge is -2.18. The molecular formula is C22H21NO4S. The second kappa shape index (κ2) is 9.28. The number of carboxylic acid groups (broad SMARTS) is 1. The number of aromatic nitrogens is 1. The Morgan fingerprint density at radius 3 is 2.68 bits per heavy atom. The van der Waals surface area contributed by atoms with Crippen molar-refractivity contribution in [2.45, 2.75) is 32.3 Å². The molecule has 1 N–H and O–H groups in total. The van der Waals surface area contributed by atoms with E-state index in [1.54, 1.807) is 24.3 Å². The normalized spacial score (nSPS) is 11.8. The van der Waals surface area contributed by atoms with E-state index in [-0.39, 0.29) is 18.6 Å². The summed E-state index contributed by atoms with van der Waals surface area (Å²) in [7, 11) is 0. The molecule has 0 fully saturated rings. The lowest BCUT2D eigenvalue weighted by atomic mass is 9.85. The number of rotatable bonds is 9. The Morgan fingerprint density at radius 2 is 1.96 bits per heavy atom. The van der Waals surface area contributed by atoms with Crippen molar-refractivity contribution in [2.75, 3.05) is 0 Å². The molecule has 0 spiro atoms. The molecule has 0 aliphatic carbocycles. The molecule has 2 aromatic carbocycles. The third-order valence-corrected chi connectivity index (χ3v) is 5.12. The number of carbonyl (C=O) groups is 2. The van der Waals surface area contributed by atoms with Crippen molar-refractivity contribution in [1.82, 2.24) is 4.37 Å². The third-order valence-electron chi connectivity index (χ3n) is 4.52. The monoisotopic (exact) mass is 395 g/mol. The summed E-state index contributed by atoms with van der Waals surface area (Å²) in [4.78, 5) is 24.3. The number of carbonyl (C=O) groups excluding carboxylic acids is 1. The molecule has 6 heteroatoms. The highest BCUT2D eigenvalue weighted by Gasteiger charge is 2.24. The van der Waals surface area contributed by atoms with Gasteiger partial charge in [-0.25, -0.2) is 0 Å². The molecule has 0 aliphatic rings. The van der Waals surface area contributed by atoms with Crippen molar-refractivity contribution in [2.24, 2.45) is 0 Å². The SMILES string of the molecule is Cc1ccccc1[C@H](CCC(=O)O)C(=O)c1cccc(OCc2ccsn2)c1. The number of hydrogen-bond acceptors (Lipinski definition) is 5. The van der Waals surface area contributed by atoms with E-state index >= 15 is 0 Å². The summed E-state index contributed by atoms with van der Waals surface area (Å²) in [6.45, 7) is 2.27. The van der Waals surface area contributed by atoms with Crippen molar-refractivity contribution >= 4 is 23.3 Å². The van der Waals surface area contributed by atoms with Crippen molar-refractivity contribution < 1.29 is 19.4 Å². The first-order chi connectivity index (χ1) is 13.5. The van der Waals surface area contributed by atoms with Crippen LogP contribution in [0.1, 0.15) is 45.9 Å². The highest BCUT2D eigenvalue weighted by atomic mass is 32.1. The van der Waals surface area contributed by atoms with Crippen molar-refractivity contribution in [3.63, 3.8) is 0 Å². The average molecular weight is 395 g/mol. The summed E-state index contributed by atoms with van der Waals surface area (Å²) in [5.74, 6) is -0.937. The number of aryl methyl sites for hydroxylation is 1. The number of nitrogens with zero attached hydrogens (tertiary/aromatic N) is 1. The lowest BCUT2D eigenvalue weighted by molar-refractivity contribution is -0.137. The number of ketones is 1. The Morgan fingerprint density at radius 1 is 1.14 bits per heavy atom. The van der Waals surface area contributed by atoms with Gasteiger partial charge in [0, 0.05) is 23.3 Å². The maximum absolute atomic E-state index is 13.2. The number of carboxylic acids is 1. The fourth-order valence-electron chi connectivity index (χ4n) is 3.08. The molecule has 0 unspecified atom stereocenters. The van der Waals surface area contributed by atoms with Gasteiger partial charge in [0.2, 0.25) is 0 Å². The van der Waals surface area contributed by atoms with Crippen molar-refractivity contribution in [3.05, 3.63) is 82.4 Å². The zero-order valence-corrected chi connectivity index (χ0v) is 16.3. The molecule has 0 aliphatic heterocycles. The highest BCUT2D eigenvalue weighted by molar-refractivity contribution is 7.03. The maximum Gasteiger partial charge on any atom is 0.303 e. The predicted octanol–water partition coefficient (Wildman–Crippen LogP) is 4.86. The van der Waals surface area contributed by atoms with Gasteiger partial charge in [0.15, 0.2) is 5.78 Å². The first-order valence-corrected chi connectivity index (χ1v) is 9.82. The van der Waals surface area contributed by atoms with E-state index in [1.807, 2.05) is 42.6 Å². The fourth-order valence-corrected chi connectivity index (χ4v) is 3.61. The zero-order chi connectivity index (χ0) is 19.9. The Hall–Kier alpha value is -2.99. The van der Waals surface area contributed by atoms with Crippen LogP contribution in [0, 0.1) is 6.92 Å². The largest absolute Gasteiger partial charge is 0.487 e. The quantitative estimate of drug-likeness (QED) is 0.524. The van der Waals surface area contributed by atoms with Gasteiger partial charge in [0.25, 0.3) is 0 Å². The average Bonchev–Trinajstić information content (AvgIpc) is 3.21. The smallest absolute Gasteiger partial charge is 0.303 e. The van der Waals surface area contributed by atoms with Gasteiger partial charge in [-0.05, 0) is 54.2 Å². The standard InChI is InChI=1S/C22H21NO4S/c1-15-5-2-3-8-19(15)20(9-10-21(24)25)22(26)16-6-4-7-18(13-16)27-14-17-11-12-28-23-17/h2-8,11-13,20H,9-10,14H2,1H3,(H,24,25)/t20-/m0/s1. The molecule has 3 aromatic rings. The van der Waals surface area contributed by atoms with Gasteiger partial charge in [-0.2, -0.15) is 4.37 Å². The molecule has 3 rings (SSSR count). The third kappa shape index (κ3) is 5.04. The second-order valence-corrected chi connectivity index (χ2v) is 7.18. The molecule has 0 bridgehead atoms. The van der Waals surface area contributed by atoms with Gasteiger partial charge in [0.05, 0.1) is 5.69 Å². The molecule has 1 aromatic heterocycles. The van der Waals surface area contributed by atoms with Gasteiger partial charge >= 0.3 is 5.97 Å². The van der Waals surface area contributed by atoms with Gasteiger partial charge in [-0.1, -0.05) is 36.4 Å². The van der Waals surface area contributed by atoms with Crippen LogP contribution in [-0.4, -0.2) is 21.2 Å². The lowest BCUT2D eigenvalue weighted by Crippen LogP contribution is -2.16. The minimum atomic E-state index is -0.910. The summed E-state index contributed by atoms with van der Waals surface area (Å²) in [6, 6.07) is 16.5. The van der Waals surface area contributed by atoms with Crippen molar-refractivity contribution in [3.8, 4) is 5.75 Å². The van der Waals surface area contributed by atoms with E-state index < -0.39 is 11.9 Å².